The number of allylic oxidation sites excluding steroid dienone is 4. The van der Waals surface area contributed by atoms with Crippen LogP contribution >= 0.6 is 0 Å². The standard InChI is InChI=1S/C23H38O2/c1-2-3-4-5-6-7-8-9-10-11-12-13-14-15-16-18-21-19-17-20-22(24)23(21)25/h17,19-20H,2-16,18H2,1H3. The van der Waals surface area contributed by atoms with Gasteiger partial charge in [0.15, 0.2) is 0 Å². The highest BCUT2D eigenvalue weighted by Crippen LogP contribution is 2.17. The minimum Gasteiger partial charge on any atom is -0.286 e. The van der Waals surface area contributed by atoms with Gasteiger partial charge in [0.25, 0.3) is 0 Å². The topological polar surface area (TPSA) is 34.1 Å². The van der Waals surface area contributed by atoms with Crippen LogP contribution in [0.3, 0.4) is 0 Å². The molecule has 0 saturated carbocycles. The molecule has 1 aliphatic rings. The number of hydrogen-bond donors (Lipinski definition) is 0. The summed E-state index contributed by atoms with van der Waals surface area (Å²) in [5.41, 5.74) is 0.696. The van der Waals surface area contributed by atoms with Crippen LogP contribution in [0.1, 0.15) is 110 Å². The molecule has 0 amide bonds. The summed E-state index contributed by atoms with van der Waals surface area (Å²) in [6.07, 6.45) is 25.8. The quantitative estimate of drug-likeness (QED) is 0.173. The summed E-state index contributed by atoms with van der Waals surface area (Å²) in [7, 11) is 0. The van der Waals surface area contributed by atoms with Crippen LogP contribution in [0.2, 0.25) is 0 Å². The second kappa shape index (κ2) is 15.1. The fraction of sp³-hybridized carbons (Fsp3) is 0.739. The summed E-state index contributed by atoms with van der Waals surface area (Å²) >= 11 is 0. The predicted molar refractivity (Wildman–Crippen MR) is 107 cm³/mol. The van der Waals surface area contributed by atoms with Crippen molar-refractivity contribution >= 4 is 11.6 Å². The number of Topliss-reactive ketones (excluding diaryl/α,β-unsaturated/α-hetero) is 1. The molecule has 0 aromatic carbocycles. The minimum atomic E-state index is -0.363. The molecule has 0 aromatic heterocycles. The third-order valence-corrected chi connectivity index (χ3v) is 5.11. The van der Waals surface area contributed by atoms with E-state index in [2.05, 4.69) is 6.92 Å². The lowest BCUT2D eigenvalue weighted by atomic mass is 9.96. The molecule has 0 heterocycles. The lowest BCUT2D eigenvalue weighted by Crippen LogP contribution is -2.16. The summed E-state index contributed by atoms with van der Waals surface area (Å²) in [4.78, 5) is 22.9. The van der Waals surface area contributed by atoms with Gasteiger partial charge < -0.3 is 0 Å². The van der Waals surface area contributed by atoms with Crippen LogP contribution in [0.4, 0.5) is 0 Å². The number of ketones is 2. The summed E-state index contributed by atoms with van der Waals surface area (Å²) < 4.78 is 0. The monoisotopic (exact) mass is 346 g/mol. The van der Waals surface area contributed by atoms with Crippen molar-refractivity contribution in [2.45, 2.75) is 110 Å². The normalized spacial score (nSPS) is 14.2. The summed E-state index contributed by atoms with van der Waals surface area (Å²) in [6.45, 7) is 2.27. The first-order valence-corrected chi connectivity index (χ1v) is 10.7. The van der Waals surface area contributed by atoms with Crippen LogP contribution in [-0.2, 0) is 9.59 Å². The van der Waals surface area contributed by atoms with Crippen LogP contribution < -0.4 is 0 Å². The maximum absolute atomic E-state index is 11.6. The van der Waals surface area contributed by atoms with Crippen molar-refractivity contribution in [3.8, 4) is 0 Å². The molecule has 0 N–H and O–H groups in total. The number of carbonyl (C=O) groups is 2. The molecule has 0 fully saturated rings. The van der Waals surface area contributed by atoms with Gasteiger partial charge in [-0.05, 0) is 18.9 Å². The maximum Gasteiger partial charge on any atom is 0.228 e. The van der Waals surface area contributed by atoms with E-state index in [4.69, 9.17) is 0 Å². The van der Waals surface area contributed by atoms with E-state index in [-0.39, 0.29) is 11.6 Å². The molecular formula is C23H38O2. The van der Waals surface area contributed by atoms with Gasteiger partial charge in [-0.15, -0.1) is 0 Å². The van der Waals surface area contributed by atoms with Gasteiger partial charge in [-0.3, -0.25) is 9.59 Å². The van der Waals surface area contributed by atoms with E-state index in [1.165, 1.54) is 96.0 Å². The molecule has 0 bridgehead atoms. The van der Waals surface area contributed by atoms with Gasteiger partial charge >= 0.3 is 0 Å². The van der Waals surface area contributed by atoms with Crippen molar-refractivity contribution in [1.82, 2.24) is 0 Å². The zero-order chi connectivity index (χ0) is 18.2. The van der Waals surface area contributed by atoms with E-state index in [1.54, 1.807) is 12.2 Å². The smallest absolute Gasteiger partial charge is 0.228 e. The third kappa shape index (κ3) is 11.1. The Morgan fingerprint density at radius 1 is 0.640 bits per heavy atom. The van der Waals surface area contributed by atoms with Crippen LogP contribution in [0.5, 0.6) is 0 Å². The minimum absolute atomic E-state index is 0.298. The van der Waals surface area contributed by atoms with Crippen LogP contribution in [0.25, 0.3) is 0 Å². The molecule has 1 aliphatic carbocycles. The molecule has 0 aromatic rings. The molecule has 0 unspecified atom stereocenters. The molecule has 0 atom stereocenters. The largest absolute Gasteiger partial charge is 0.286 e. The second-order valence-corrected chi connectivity index (χ2v) is 7.44. The van der Waals surface area contributed by atoms with Crippen LogP contribution in [-0.4, -0.2) is 11.6 Å². The van der Waals surface area contributed by atoms with Crippen molar-refractivity contribution in [1.29, 1.82) is 0 Å². The average molecular weight is 347 g/mol. The highest BCUT2D eigenvalue weighted by molar-refractivity contribution is 6.48. The van der Waals surface area contributed by atoms with Gasteiger partial charge in [0.05, 0.1) is 0 Å². The predicted octanol–water partition coefficient (Wildman–Crippen LogP) is 6.88. The zero-order valence-electron chi connectivity index (χ0n) is 16.4. The number of rotatable bonds is 16. The molecule has 2 nitrogen and oxygen atoms in total. The van der Waals surface area contributed by atoms with Gasteiger partial charge in [0.2, 0.25) is 11.6 Å². The Labute approximate surface area is 155 Å². The summed E-state index contributed by atoms with van der Waals surface area (Å²) in [5, 5.41) is 0. The first-order chi connectivity index (χ1) is 12.3. The Bertz CT molecular complexity index is 431. The van der Waals surface area contributed by atoms with E-state index in [1.807, 2.05) is 0 Å². The van der Waals surface area contributed by atoms with Crippen molar-refractivity contribution < 1.29 is 9.59 Å². The molecule has 1 rings (SSSR count). The Morgan fingerprint density at radius 3 is 1.56 bits per heavy atom. The van der Waals surface area contributed by atoms with Crippen molar-refractivity contribution in [3.63, 3.8) is 0 Å². The molecule has 0 spiro atoms. The molecule has 142 valence electrons. The second-order valence-electron chi connectivity index (χ2n) is 7.44. The summed E-state index contributed by atoms with van der Waals surface area (Å²) in [5.74, 6) is -0.661. The van der Waals surface area contributed by atoms with Crippen LogP contribution in [0, 0.1) is 0 Å². The highest BCUT2D eigenvalue weighted by atomic mass is 16.2. The summed E-state index contributed by atoms with van der Waals surface area (Å²) in [6, 6.07) is 0. The average Bonchev–Trinajstić information content (AvgIpc) is 2.61. The van der Waals surface area contributed by atoms with E-state index in [9.17, 15) is 9.59 Å². The first-order valence-electron chi connectivity index (χ1n) is 10.7. The molecule has 2 heteroatoms. The fourth-order valence-electron chi connectivity index (χ4n) is 3.44. The lowest BCUT2D eigenvalue weighted by Gasteiger charge is -2.07. The fourth-order valence-corrected chi connectivity index (χ4v) is 3.44. The van der Waals surface area contributed by atoms with Gasteiger partial charge in [-0.25, -0.2) is 0 Å². The van der Waals surface area contributed by atoms with E-state index >= 15 is 0 Å². The van der Waals surface area contributed by atoms with E-state index in [0.29, 0.717) is 5.57 Å². The number of carbonyl (C=O) groups excluding carboxylic acids is 2. The van der Waals surface area contributed by atoms with Crippen molar-refractivity contribution in [2.75, 3.05) is 0 Å². The number of unbranched alkanes of at least 4 members (excludes halogenated alkanes) is 14. The molecular weight excluding hydrogens is 308 g/mol. The molecule has 0 saturated heterocycles. The SMILES string of the molecule is CCCCCCCCCCCCCCCCCC1=CC=CC(=O)C1=O. The van der Waals surface area contributed by atoms with Gasteiger partial charge in [-0.1, -0.05) is 109 Å². The first kappa shape index (κ1) is 21.9. The molecule has 0 radical (unpaired) electrons. The maximum atomic E-state index is 11.6. The Kier molecular flexibility index (Phi) is 13.2. The van der Waals surface area contributed by atoms with Crippen LogP contribution in [0.15, 0.2) is 23.8 Å². The Balaban J connectivity index is 1.80. The van der Waals surface area contributed by atoms with Gasteiger partial charge in [-0.2, -0.15) is 0 Å². The zero-order valence-corrected chi connectivity index (χ0v) is 16.4. The molecule has 0 aliphatic heterocycles. The van der Waals surface area contributed by atoms with Gasteiger partial charge in [0.1, 0.15) is 0 Å². The van der Waals surface area contributed by atoms with Crippen molar-refractivity contribution in [2.24, 2.45) is 0 Å². The van der Waals surface area contributed by atoms with E-state index in [0.717, 1.165) is 12.8 Å². The van der Waals surface area contributed by atoms with Crippen molar-refractivity contribution in [3.05, 3.63) is 23.8 Å². The third-order valence-electron chi connectivity index (χ3n) is 5.11. The highest BCUT2D eigenvalue weighted by Gasteiger charge is 2.17. The Morgan fingerprint density at radius 2 is 1.08 bits per heavy atom. The number of hydrogen-bond acceptors (Lipinski definition) is 2. The molecule has 25 heavy (non-hydrogen) atoms. The van der Waals surface area contributed by atoms with Gasteiger partial charge in [0, 0.05) is 5.57 Å². The van der Waals surface area contributed by atoms with E-state index < -0.39 is 0 Å². The lowest BCUT2D eigenvalue weighted by molar-refractivity contribution is -0.131. The Hall–Kier alpha value is -1.18.